The van der Waals surface area contributed by atoms with E-state index in [1.165, 1.54) is 6.07 Å². The molecule has 0 aliphatic heterocycles. The lowest BCUT2D eigenvalue weighted by molar-refractivity contribution is 0.0950. The summed E-state index contributed by atoms with van der Waals surface area (Å²) in [5.74, 6) is -0.501. The number of halogens is 1. The van der Waals surface area contributed by atoms with E-state index in [2.05, 4.69) is 5.32 Å². The molecule has 5 nitrogen and oxygen atoms in total. The Morgan fingerprint density at radius 3 is 2.50 bits per heavy atom. The van der Waals surface area contributed by atoms with Crippen LogP contribution in [0.1, 0.15) is 15.9 Å². The van der Waals surface area contributed by atoms with Crippen LogP contribution in [0.15, 0.2) is 42.5 Å². The highest BCUT2D eigenvalue weighted by Crippen LogP contribution is 2.11. The number of carbonyl (C=O) groups is 1. The van der Waals surface area contributed by atoms with Crippen molar-refractivity contribution in [2.45, 2.75) is 6.54 Å². The van der Waals surface area contributed by atoms with Gasteiger partial charge in [-0.25, -0.2) is 4.39 Å². The molecule has 0 unspecified atom stereocenters. The molecule has 0 spiro atoms. The summed E-state index contributed by atoms with van der Waals surface area (Å²) < 4.78 is 18.4. The molecular formula is C15H15BFNO4. The Bertz CT molecular complexity index is 661. The zero-order chi connectivity index (χ0) is 16.1. The lowest BCUT2D eigenvalue weighted by atomic mass is 9.79. The largest absolute Gasteiger partial charge is 0.497 e. The van der Waals surface area contributed by atoms with Crippen LogP contribution in [0.2, 0.25) is 0 Å². The Hall–Kier alpha value is -2.38. The van der Waals surface area contributed by atoms with Crippen LogP contribution in [-0.2, 0) is 6.54 Å². The number of ether oxygens (including phenoxy) is 1. The zero-order valence-corrected chi connectivity index (χ0v) is 11.9. The highest BCUT2D eigenvalue weighted by atomic mass is 19.1. The molecule has 2 aromatic rings. The van der Waals surface area contributed by atoms with Crippen LogP contribution in [0.5, 0.6) is 5.75 Å². The maximum absolute atomic E-state index is 13.4. The van der Waals surface area contributed by atoms with Gasteiger partial charge in [0, 0.05) is 12.1 Å². The van der Waals surface area contributed by atoms with Gasteiger partial charge in [0.1, 0.15) is 11.6 Å². The van der Waals surface area contributed by atoms with E-state index < -0.39 is 18.8 Å². The molecular weight excluding hydrogens is 288 g/mol. The Morgan fingerprint density at radius 1 is 1.23 bits per heavy atom. The minimum atomic E-state index is -1.83. The van der Waals surface area contributed by atoms with Gasteiger partial charge in [-0.3, -0.25) is 4.79 Å². The van der Waals surface area contributed by atoms with Crippen LogP contribution < -0.4 is 15.5 Å². The molecule has 2 aromatic carbocycles. The fourth-order valence-corrected chi connectivity index (χ4v) is 1.92. The normalized spacial score (nSPS) is 10.2. The topological polar surface area (TPSA) is 78.8 Å². The molecule has 0 atom stereocenters. The predicted octanol–water partition coefficient (Wildman–Crippen LogP) is 0.444. The van der Waals surface area contributed by atoms with Gasteiger partial charge in [0.2, 0.25) is 0 Å². The number of amides is 1. The Morgan fingerprint density at radius 2 is 1.91 bits per heavy atom. The fourth-order valence-electron chi connectivity index (χ4n) is 1.92. The van der Waals surface area contributed by atoms with Crippen molar-refractivity contribution in [3.63, 3.8) is 0 Å². The molecule has 7 heteroatoms. The molecule has 0 aromatic heterocycles. The Kier molecular flexibility index (Phi) is 5.14. The average molecular weight is 303 g/mol. The van der Waals surface area contributed by atoms with Crippen LogP contribution >= 0.6 is 0 Å². The summed E-state index contributed by atoms with van der Waals surface area (Å²) in [4.78, 5) is 12.0. The lowest BCUT2D eigenvalue weighted by Gasteiger charge is -2.08. The third-order valence-electron chi connectivity index (χ3n) is 3.09. The summed E-state index contributed by atoms with van der Waals surface area (Å²) >= 11 is 0. The van der Waals surface area contributed by atoms with Crippen molar-refractivity contribution in [1.29, 1.82) is 0 Å². The molecule has 0 fully saturated rings. The molecule has 114 valence electrons. The first kappa shape index (κ1) is 16.0. The highest BCUT2D eigenvalue weighted by Gasteiger charge is 2.16. The molecule has 2 rings (SSSR count). The summed E-state index contributed by atoms with van der Waals surface area (Å²) in [7, 11) is -0.266. The second-order valence-electron chi connectivity index (χ2n) is 4.68. The molecule has 0 saturated carbocycles. The van der Waals surface area contributed by atoms with Crippen LogP contribution in [0.25, 0.3) is 0 Å². The van der Waals surface area contributed by atoms with Gasteiger partial charge in [0.15, 0.2) is 0 Å². The van der Waals surface area contributed by atoms with Gasteiger partial charge in [-0.05, 0) is 41.4 Å². The van der Waals surface area contributed by atoms with Crippen molar-refractivity contribution in [2.75, 3.05) is 7.11 Å². The highest BCUT2D eigenvalue weighted by molar-refractivity contribution is 6.58. The lowest BCUT2D eigenvalue weighted by Crippen LogP contribution is -2.32. The second-order valence-corrected chi connectivity index (χ2v) is 4.68. The van der Waals surface area contributed by atoms with Crippen LogP contribution in [-0.4, -0.2) is 30.2 Å². The van der Waals surface area contributed by atoms with Gasteiger partial charge >= 0.3 is 7.12 Å². The Labute approximate surface area is 127 Å². The molecule has 1 amide bonds. The van der Waals surface area contributed by atoms with Crippen molar-refractivity contribution in [3.8, 4) is 5.75 Å². The summed E-state index contributed by atoms with van der Waals surface area (Å²) in [6.07, 6.45) is 0. The van der Waals surface area contributed by atoms with Crippen LogP contribution in [0, 0.1) is 5.82 Å². The minimum Gasteiger partial charge on any atom is -0.497 e. The molecule has 0 heterocycles. The standard InChI is InChI=1S/C15H15BFNO4/c1-22-14-4-2-10(3-5-14)9-18-15(19)11-6-12(16(20)21)8-13(17)7-11/h2-8,20-21H,9H2,1H3,(H,18,19). The van der Waals surface area contributed by atoms with Crippen LogP contribution in [0.4, 0.5) is 4.39 Å². The van der Waals surface area contributed by atoms with Gasteiger partial charge < -0.3 is 20.1 Å². The monoisotopic (exact) mass is 303 g/mol. The maximum Gasteiger partial charge on any atom is 0.488 e. The van der Waals surface area contributed by atoms with Crippen molar-refractivity contribution in [3.05, 3.63) is 59.4 Å². The number of methoxy groups -OCH3 is 1. The predicted molar refractivity (Wildman–Crippen MR) is 80.4 cm³/mol. The summed E-state index contributed by atoms with van der Waals surface area (Å²) in [6.45, 7) is 0.260. The molecule has 0 saturated heterocycles. The van der Waals surface area contributed by atoms with E-state index in [1.54, 1.807) is 31.4 Å². The number of hydrogen-bond acceptors (Lipinski definition) is 4. The van der Waals surface area contributed by atoms with Gasteiger partial charge in [-0.2, -0.15) is 0 Å². The molecule has 0 bridgehead atoms. The Balaban J connectivity index is 2.05. The van der Waals surface area contributed by atoms with Crippen molar-refractivity contribution < 1.29 is 24.0 Å². The van der Waals surface area contributed by atoms with E-state index in [1.807, 2.05) is 0 Å². The molecule has 3 N–H and O–H groups in total. The van der Waals surface area contributed by atoms with Crippen molar-refractivity contribution in [1.82, 2.24) is 5.32 Å². The van der Waals surface area contributed by atoms with Gasteiger partial charge in [-0.15, -0.1) is 0 Å². The number of benzene rings is 2. The van der Waals surface area contributed by atoms with E-state index in [0.29, 0.717) is 5.75 Å². The quantitative estimate of drug-likeness (QED) is 0.701. The number of nitrogens with one attached hydrogen (secondary N) is 1. The number of carbonyl (C=O) groups excluding carboxylic acids is 1. The number of rotatable bonds is 5. The maximum atomic E-state index is 13.4. The zero-order valence-electron chi connectivity index (χ0n) is 11.9. The summed E-state index contributed by atoms with van der Waals surface area (Å²) in [5.41, 5.74) is 0.805. The van der Waals surface area contributed by atoms with E-state index in [0.717, 1.165) is 17.7 Å². The SMILES string of the molecule is COc1ccc(CNC(=O)c2cc(F)cc(B(O)O)c2)cc1. The second kappa shape index (κ2) is 7.06. The first-order chi connectivity index (χ1) is 10.5. The van der Waals surface area contributed by atoms with Gasteiger partial charge in [0.05, 0.1) is 7.11 Å². The van der Waals surface area contributed by atoms with E-state index in [4.69, 9.17) is 14.8 Å². The van der Waals surface area contributed by atoms with Crippen molar-refractivity contribution in [2.24, 2.45) is 0 Å². The average Bonchev–Trinajstić information content (AvgIpc) is 2.52. The first-order valence-corrected chi connectivity index (χ1v) is 6.57. The van der Waals surface area contributed by atoms with Gasteiger partial charge in [0.25, 0.3) is 5.91 Å². The van der Waals surface area contributed by atoms with E-state index in [-0.39, 0.29) is 17.6 Å². The van der Waals surface area contributed by atoms with Crippen LogP contribution in [0.3, 0.4) is 0 Å². The minimum absolute atomic E-state index is 0.0246. The summed E-state index contributed by atoms with van der Waals surface area (Å²) in [6, 6.07) is 10.4. The summed E-state index contributed by atoms with van der Waals surface area (Å²) in [5, 5.41) is 20.8. The molecule has 0 aliphatic rings. The smallest absolute Gasteiger partial charge is 0.488 e. The molecule has 0 aliphatic carbocycles. The van der Waals surface area contributed by atoms with Gasteiger partial charge in [-0.1, -0.05) is 12.1 Å². The van der Waals surface area contributed by atoms with E-state index in [9.17, 15) is 9.18 Å². The fraction of sp³-hybridized carbons (Fsp3) is 0.133. The molecule has 22 heavy (non-hydrogen) atoms. The number of hydrogen-bond donors (Lipinski definition) is 3. The molecule has 0 radical (unpaired) electrons. The third-order valence-corrected chi connectivity index (χ3v) is 3.09. The third kappa shape index (κ3) is 4.06. The first-order valence-electron chi connectivity index (χ1n) is 6.57. The van der Waals surface area contributed by atoms with E-state index >= 15 is 0 Å². The van der Waals surface area contributed by atoms with Crippen molar-refractivity contribution >= 4 is 18.5 Å².